The Labute approximate surface area is 104 Å². The Kier molecular flexibility index (Phi) is 3.37. The van der Waals surface area contributed by atoms with Gasteiger partial charge in [0, 0.05) is 13.7 Å². The van der Waals surface area contributed by atoms with Gasteiger partial charge in [0.1, 0.15) is 5.60 Å². The minimum Gasteiger partial charge on any atom is -0.381 e. The van der Waals surface area contributed by atoms with Gasteiger partial charge >= 0.3 is 0 Å². The molecule has 1 heterocycles. The van der Waals surface area contributed by atoms with Gasteiger partial charge in [0.15, 0.2) is 0 Å². The van der Waals surface area contributed by atoms with E-state index >= 15 is 0 Å². The summed E-state index contributed by atoms with van der Waals surface area (Å²) in [6.07, 6.45) is 3.85. The fourth-order valence-electron chi connectivity index (χ4n) is 2.19. The van der Waals surface area contributed by atoms with E-state index in [2.05, 4.69) is 21.0 Å². The fraction of sp³-hybridized carbons (Fsp3) is 0.727. The van der Waals surface area contributed by atoms with E-state index in [-0.39, 0.29) is 0 Å². The van der Waals surface area contributed by atoms with Gasteiger partial charge in [0.2, 0.25) is 0 Å². The van der Waals surface area contributed by atoms with E-state index in [1.165, 1.54) is 0 Å². The monoisotopic (exact) mass is 288 g/mol. The van der Waals surface area contributed by atoms with Crippen LogP contribution in [0.25, 0.3) is 0 Å². The van der Waals surface area contributed by atoms with Crippen molar-refractivity contribution >= 4 is 15.9 Å². The molecule has 0 aromatic carbocycles. The number of hydrogen-bond donors (Lipinski definition) is 1. The zero-order chi connectivity index (χ0) is 11.8. The number of aryl methyl sites for hydroxylation is 1. The SMILES string of the molecule is CCn1ncc(Br)c1C(O)(COC)C1CC1. The fourth-order valence-corrected chi connectivity index (χ4v) is 2.83. The molecule has 0 saturated heterocycles. The molecule has 1 N–H and O–H groups in total. The minimum absolute atomic E-state index is 0.297. The van der Waals surface area contributed by atoms with Crippen LogP contribution in [0.2, 0.25) is 0 Å². The highest BCUT2D eigenvalue weighted by Crippen LogP contribution is 2.47. The molecule has 0 bridgehead atoms. The molecule has 1 unspecified atom stereocenters. The molecule has 1 aromatic rings. The number of methoxy groups -OCH3 is 1. The van der Waals surface area contributed by atoms with Gasteiger partial charge in [-0.25, -0.2) is 0 Å². The van der Waals surface area contributed by atoms with Gasteiger partial charge in [-0.15, -0.1) is 0 Å². The lowest BCUT2D eigenvalue weighted by molar-refractivity contribution is -0.0599. The van der Waals surface area contributed by atoms with Crippen molar-refractivity contribution in [3.8, 4) is 0 Å². The Hall–Kier alpha value is -0.390. The Morgan fingerprint density at radius 1 is 1.69 bits per heavy atom. The lowest BCUT2D eigenvalue weighted by Gasteiger charge is -2.28. The molecule has 4 nitrogen and oxygen atoms in total. The largest absolute Gasteiger partial charge is 0.381 e. The van der Waals surface area contributed by atoms with Crippen molar-refractivity contribution in [1.82, 2.24) is 9.78 Å². The lowest BCUT2D eigenvalue weighted by atomic mass is 9.94. The van der Waals surface area contributed by atoms with Crippen molar-refractivity contribution in [2.75, 3.05) is 13.7 Å². The Bertz CT molecular complexity index is 376. The molecule has 0 spiro atoms. The maximum atomic E-state index is 10.8. The van der Waals surface area contributed by atoms with E-state index in [1.54, 1.807) is 13.3 Å². The predicted molar refractivity (Wildman–Crippen MR) is 64.1 cm³/mol. The second kappa shape index (κ2) is 4.47. The van der Waals surface area contributed by atoms with Crippen molar-refractivity contribution in [2.24, 2.45) is 5.92 Å². The average Bonchev–Trinajstić information content (AvgIpc) is 3.03. The van der Waals surface area contributed by atoms with Crippen LogP contribution in [-0.2, 0) is 16.9 Å². The normalized spacial score (nSPS) is 19.8. The summed E-state index contributed by atoms with van der Waals surface area (Å²) in [6.45, 7) is 3.09. The van der Waals surface area contributed by atoms with Crippen LogP contribution in [-0.4, -0.2) is 28.6 Å². The van der Waals surface area contributed by atoms with Gasteiger partial charge in [-0.05, 0) is 41.6 Å². The van der Waals surface area contributed by atoms with Crippen LogP contribution in [0, 0.1) is 5.92 Å². The molecule has 16 heavy (non-hydrogen) atoms. The van der Waals surface area contributed by atoms with Crippen LogP contribution in [0.5, 0.6) is 0 Å². The molecule has 1 atom stereocenters. The Morgan fingerprint density at radius 3 is 2.88 bits per heavy atom. The van der Waals surface area contributed by atoms with E-state index in [0.29, 0.717) is 12.5 Å². The van der Waals surface area contributed by atoms with E-state index in [4.69, 9.17) is 4.74 Å². The molecular formula is C11H17BrN2O2. The van der Waals surface area contributed by atoms with Gasteiger partial charge in [-0.3, -0.25) is 4.68 Å². The van der Waals surface area contributed by atoms with E-state index < -0.39 is 5.60 Å². The first-order valence-corrected chi connectivity index (χ1v) is 6.36. The standard InChI is InChI=1S/C11H17BrN2O2/c1-3-14-10(9(12)6-13-14)11(15,7-16-2)8-4-5-8/h6,8,15H,3-5,7H2,1-2H3. The van der Waals surface area contributed by atoms with Gasteiger partial charge in [-0.2, -0.15) is 5.10 Å². The summed E-state index contributed by atoms with van der Waals surface area (Å²) in [6, 6.07) is 0. The topological polar surface area (TPSA) is 47.3 Å². The van der Waals surface area contributed by atoms with Crippen LogP contribution >= 0.6 is 15.9 Å². The first-order valence-electron chi connectivity index (χ1n) is 5.56. The van der Waals surface area contributed by atoms with E-state index in [9.17, 15) is 5.11 Å². The van der Waals surface area contributed by atoms with Crippen LogP contribution in [0.15, 0.2) is 10.7 Å². The number of halogens is 1. The van der Waals surface area contributed by atoms with Crippen LogP contribution in [0.3, 0.4) is 0 Å². The molecular weight excluding hydrogens is 272 g/mol. The maximum absolute atomic E-state index is 10.8. The maximum Gasteiger partial charge on any atom is 0.133 e. The highest BCUT2D eigenvalue weighted by atomic mass is 79.9. The highest BCUT2D eigenvalue weighted by Gasteiger charge is 2.48. The molecule has 1 fully saturated rings. The molecule has 5 heteroatoms. The van der Waals surface area contributed by atoms with Crippen molar-refractivity contribution < 1.29 is 9.84 Å². The summed E-state index contributed by atoms with van der Waals surface area (Å²) in [5.74, 6) is 0.297. The zero-order valence-electron chi connectivity index (χ0n) is 9.61. The van der Waals surface area contributed by atoms with E-state index in [1.807, 2.05) is 11.6 Å². The molecule has 1 aliphatic carbocycles. The van der Waals surface area contributed by atoms with Crippen molar-refractivity contribution in [2.45, 2.75) is 31.9 Å². The van der Waals surface area contributed by atoms with Crippen LogP contribution < -0.4 is 0 Å². The number of ether oxygens (including phenoxy) is 1. The quantitative estimate of drug-likeness (QED) is 0.900. The number of aliphatic hydroxyl groups is 1. The first kappa shape index (κ1) is 12.1. The smallest absolute Gasteiger partial charge is 0.133 e. The minimum atomic E-state index is -0.903. The number of hydrogen-bond acceptors (Lipinski definition) is 3. The number of nitrogens with zero attached hydrogens (tertiary/aromatic N) is 2. The Balaban J connectivity index is 2.41. The Morgan fingerprint density at radius 2 is 2.38 bits per heavy atom. The lowest BCUT2D eigenvalue weighted by Crippen LogP contribution is -2.36. The third-order valence-corrected chi connectivity index (χ3v) is 3.70. The van der Waals surface area contributed by atoms with Gasteiger partial charge in [0.25, 0.3) is 0 Å². The van der Waals surface area contributed by atoms with Crippen molar-refractivity contribution in [3.63, 3.8) is 0 Å². The van der Waals surface area contributed by atoms with Gasteiger partial charge in [-0.1, -0.05) is 0 Å². The van der Waals surface area contributed by atoms with Gasteiger partial charge in [0.05, 0.1) is 23.0 Å². The molecule has 90 valence electrons. The summed E-state index contributed by atoms with van der Waals surface area (Å²) in [7, 11) is 1.62. The summed E-state index contributed by atoms with van der Waals surface area (Å²) in [5.41, 5.74) is -0.0561. The second-order valence-electron chi connectivity index (χ2n) is 4.29. The summed E-state index contributed by atoms with van der Waals surface area (Å²) in [4.78, 5) is 0. The third-order valence-electron chi connectivity index (χ3n) is 3.12. The molecule has 1 aromatic heterocycles. The summed E-state index contributed by atoms with van der Waals surface area (Å²) < 4.78 is 7.87. The third kappa shape index (κ3) is 1.92. The van der Waals surface area contributed by atoms with Crippen LogP contribution in [0.4, 0.5) is 0 Å². The summed E-state index contributed by atoms with van der Waals surface area (Å²) >= 11 is 3.46. The number of aromatic nitrogens is 2. The molecule has 2 rings (SSSR count). The zero-order valence-corrected chi connectivity index (χ0v) is 11.2. The second-order valence-corrected chi connectivity index (χ2v) is 5.14. The predicted octanol–water partition coefficient (Wildman–Crippen LogP) is 1.91. The molecule has 1 saturated carbocycles. The van der Waals surface area contributed by atoms with Crippen molar-refractivity contribution in [3.05, 3.63) is 16.4 Å². The van der Waals surface area contributed by atoms with E-state index in [0.717, 1.165) is 29.6 Å². The molecule has 1 aliphatic rings. The number of rotatable bonds is 5. The van der Waals surface area contributed by atoms with Gasteiger partial charge < -0.3 is 9.84 Å². The average molecular weight is 289 g/mol. The first-order chi connectivity index (χ1) is 7.63. The van der Waals surface area contributed by atoms with Crippen molar-refractivity contribution in [1.29, 1.82) is 0 Å². The van der Waals surface area contributed by atoms with Crippen LogP contribution in [0.1, 0.15) is 25.5 Å². The molecule has 0 amide bonds. The summed E-state index contributed by atoms with van der Waals surface area (Å²) in [5, 5.41) is 15.0. The highest BCUT2D eigenvalue weighted by molar-refractivity contribution is 9.10. The molecule has 0 aliphatic heterocycles. The molecule has 0 radical (unpaired) electrons.